The molecule has 12 aromatic rings. The zero-order chi connectivity index (χ0) is 88.4. The number of para-hydroxylation sites is 4. The van der Waals surface area contributed by atoms with Crippen LogP contribution < -0.4 is 20.1 Å². The molecule has 4 heterocycles. The van der Waals surface area contributed by atoms with Gasteiger partial charge >= 0.3 is 0 Å². The fraction of sp³-hybridized carbons (Fsp3) is 0.261. The second kappa shape index (κ2) is 48.2. The van der Waals surface area contributed by atoms with Gasteiger partial charge in [0.15, 0.2) is 75.6 Å². The zero-order valence-corrected chi connectivity index (χ0v) is 74.2. The standard InChI is InChI=1S/C14H14O3S.C14H12O2.C13H10O3S.C10H9NO2S.C10H19NO2.C8H10O2S.C6H7NO2S.C6H11NO2.C6H8O2S2.CH4/c1-18(15,16)14-10-6-5-9-13(14)17-11-12-7-3-2-4-8-12;1-11(15)12-7-9-14(10-8-12)16-13-5-3-2-4-6-13;1-17(14,15)9-6-7-13-11(8-9)10-4-2-3-5-12(10)16-13;1-14(12,13)9-6-2-4-8-5-3-7-11-10(8)9;1-7(2)5-10(6-8(3)12)11-9(4)13;1-7-3-5-8(6-4-7)11(2,9)10;1-10(8,9)6-4-2-3-5-7-6;1-4(5(2)8)7-6(3)9;1-5-6(3-4-9-5)10(2,7)8;/h2-10H,11H2,1H3;2-10H,1H3;2-8H,1H3;2-7H,1H3;7,10H,5-6H2,1-4H3,(H,11,13);3-6H,1-2H3;2-5H,1H3;4H,1-3H3,(H,7,9);3-4H,1-2H3;1H4/t;;;;10-;;;4-;;/m....0..0../s1. The van der Waals surface area contributed by atoms with Gasteiger partial charge in [0.25, 0.3) is 0 Å². The second-order valence-corrected chi connectivity index (χ2v) is 40.3. The van der Waals surface area contributed by atoms with E-state index in [2.05, 4.69) is 34.4 Å². The van der Waals surface area contributed by atoms with E-state index in [1.165, 1.54) is 75.7 Å². The van der Waals surface area contributed by atoms with Gasteiger partial charge in [-0.1, -0.05) is 142 Å². The molecule has 24 nitrogen and oxygen atoms in total. The third-order valence-corrected chi connectivity index (χ3v) is 23.6. The molecular formula is C88H104N4O20S7. The van der Waals surface area contributed by atoms with E-state index in [0.717, 1.165) is 61.9 Å². The molecule has 0 saturated heterocycles. The maximum atomic E-state index is 11.6. The van der Waals surface area contributed by atoms with E-state index in [-0.39, 0.29) is 63.5 Å². The molecule has 0 fully saturated rings. The Hall–Kier alpha value is -10.9. The highest BCUT2D eigenvalue weighted by atomic mass is 32.2. The molecule has 4 aromatic heterocycles. The molecule has 0 spiro atoms. The van der Waals surface area contributed by atoms with Gasteiger partial charge in [0.2, 0.25) is 11.8 Å². The summed E-state index contributed by atoms with van der Waals surface area (Å²) < 4.78 is 151. The van der Waals surface area contributed by atoms with Gasteiger partial charge in [-0.3, -0.25) is 29.0 Å². The number of Topliss-reactive ketones (excluding diaryl/α,β-unsaturated/α-hetero) is 3. The predicted molar refractivity (Wildman–Crippen MR) is 472 cm³/mol. The van der Waals surface area contributed by atoms with Gasteiger partial charge in [-0.15, -0.1) is 11.3 Å². The summed E-state index contributed by atoms with van der Waals surface area (Å²) in [7, 11) is -18.8. The molecule has 638 valence electrons. The Morgan fingerprint density at radius 2 is 0.966 bits per heavy atom. The van der Waals surface area contributed by atoms with E-state index in [0.29, 0.717) is 56.0 Å². The highest BCUT2D eigenvalue weighted by molar-refractivity contribution is 7.92. The number of fused-ring (bicyclic) bond motifs is 4. The summed E-state index contributed by atoms with van der Waals surface area (Å²) in [5, 5.41) is 9.76. The molecule has 2 N–H and O–H groups in total. The molecule has 2 amide bonds. The third kappa shape index (κ3) is 38.1. The third-order valence-electron chi connectivity index (χ3n) is 15.9. The normalized spacial score (nSPS) is 11.5. The number of amides is 2. The fourth-order valence-electron chi connectivity index (χ4n) is 10.2. The van der Waals surface area contributed by atoms with E-state index in [9.17, 15) is 74.5 Å². The van der Waals surface area contributed by atoms with Crippen LogP contribution in [0.25, 0.3) is 32.8 Å². The number of carbonyl (C=O) groups is 5. The summed E-state index contributed by atoms with van der Waals surface area (Å²) in [4.78, 5) is 63.7. The Labute approximate surface area is 704 Å². The van der Waals surface area contributed by atoms with Gasteiger partial charge < -0.3 is 24.5 Å². The van der Waals surface area contributed by atoms with Crippen LogP contribution in [0, 0.1) is 19.8 Å². The van der Waals surface area contributed by atoms with E-state index in [1.807, 2.05) is 104 Å². The number of aryl methyl sites for hydroxylation is 2. The molecule has 0 aliphatic heterocycles. The number of sulfone groups is 6. The van der Waals surface area contributed by atoms with Crippen LogP contribution in [-0.2, 0) is 84.8 Å². The van der Waals surface area contributed by atoms with Crippen molar-refractivity contribution in [2.75, 3.05) is 37.5 Å². The van der Waals surface area contributed by atoms with Crippen molar-refractivity contribution in [2.45, 2.75) is 138 Å². The maximum absolute atomic E-state index is 11.6. The Morgan fingerprint density at radius 1 is 0.462 bits per heavy atom. The van der Waals surface area contributed by atoms with Crippen molar-refractivity contribution in [3.05, 3.63) is 270 Å². The molecule has 2 atom stereocenters. The van der Waals surface area contributed by atoms with Crippen LogP contribution in [-0.4, -0.2) is 139 Å². The number of rotatable bonds is 19. The van der Waals surface area contributed by atoms with Gasteiger partial charge in [-0.25, -0.2) is 55.5 Å². The van der Waals surface area contributed by atoms with Crippen LogP contribution in [0.4, 0.5) is 0 Å². The zero-order valence-electron chi connectivity index (χ0n) is 68.4. The van der Waals surface area contributed by atoms with Gasteiger partial charge in [-0.05, 0) is 180 Å². The van der Waals surface area contributed by atoms with Crippen molar-refractivity contribution in [3.63, 3.8) is 0 Å². The quantitative estimate of drug-likeness (QED) is 0.0710. The van der Waals surface area contributed by atoms with Crippen LogP contribution in [0.1, 0.15) is 102 Å². The van der Waals surface area contributed by atoms with Crippen molar-refractivity contribution < 1.29 is 88.4 Å². The number of thiophene rings is 1. The molecule has 31 heteroatoms. The topological polar surface area (TPSA) is 372 Å². The Kier molecular flexibility index (Phi) is 41.4. The highest BCUT2D eigenvalue weighted by Crippen LogP contribution is 2.31. The van der Waals surface area contributed by atoms with Crippen LogP contribution in [0.15, 0.2) is 282 Å². The Balaban J connectivity index is 0.000000349. The lowest BCUT2D eigenvalue weighted by molar-refractivity contribution is -0.125. The minimum atomic E-state index is -3.26. The van der Waals surface area contributed by atoms with Crippen LogP contribution >= 0.6 is 11.3 Å². The SMILES string of the molecule is C.CC(=O)C[C@H](CC(C)C)NC(C)=O.CC(=O)N[C@@H](C)C(C)=O.CC(=O)c1ccc(Oc2ccccc2)cc1.CS(=O)(=O)c1ccc2oc3ccccc3c2c1.CS(=O)(=O)c1cccc2cccnc12.CS(=O)(=O)c1ccccc1OCc1ccccc1.CS(=O)(=O)c1ccccn1.Cc1ccc(S(C)(=O)=O)cc1.Cc1sccc1S(C)(=O)=O. The average molecular weight is 1760 g/mol. The molecule has 119 heavy (non-hydrogen) atoms. The minimum Gasteiger partial charge on any atom is -0.488 e. The number of ketones is 3. The van der Waals surface area contributed by atoms with Gasteiger partial charge in [0, 0.05) is 103 Å². The summed E-state index contributed by atoms with van der Waals surface area (Å²) in [6.45, 7) is 17.3. The molecular weight excluding hydrogens is 1660 g/mol. The smallest absolute Gasteiger partial charge is 0.217 e. The lowest BCUT2D eigenvalue weighted by Gasteiger charge is -2.18. The van der Waals surface area contributed by atoms with Crippen LogP contribution in [0.2, 0.25) is 0 Å². The van der Waals surface area contributed by atoms with Crippen molar-refractivity contribution in [1.82, 2.24) is 20.6 Å². The van der Waals surface area contributed by atoms with Crippen molar-refractivity contribution in [2.24, 2.45) is 5.92 Å². The fourth-order valence-corrected chi connectivity index (χ4v) is 15.9. The van der Waals surface area contributed by atoms with Crippen LogP contribution in [0.3, 0.4) is 0 Å². The number of furan rings is 1. The van der Waals surface area contributed by atoms with Crippen LogP contribution in [0.5, 0.6) is 17.2 Å². The van der Waals surface area contributed by atoms with E-state index in [4.69, 9.17) is 13.9 Å². The lowest BCUT2D eigenvalue weighted by Crippen LogP contribution is -2.35. The molecule has 12 rings (SSSR count). The first-order valence-corrected chi connectivity index (χ1v) is 48.4. The number of nitrogens with zero attached hydrogens (tertiary/aromatic N) is 2. The molecule has 0 bridgehead atoms. The number of hydrogen-bond acceptors (Lipinski definition) is 23. The summed E-state index contributed by atoms with van der Waals surface area (Å²) >= 11 is 1.45. The molecule has 0 saturated carbocycles. The van der Waals surface area contributed by atoms with Crippen molar-refractivity contribution >= 4 is 132 Å². The number of carbonyl (C=O) groups excluding carboxylic acids is 5. The summed E-state index contributed by atoms with van der Waals surface area (Å²) in [5.74, 6) is 2.34. The first-order chi connectivity index (χ1) is 55.0. The summed E-state index contributed by atoms with van der Waals surface area (Å²) in [6.07, 6.45) is 11.5. The average Bonchev–Trinajstić information content (AvgIpc) is 1.63. The Bertz CT molecular complexity index is 6010. The largest absolute Gasteiger partial charge is 0.488 e. The van der Waals surface area contributed by atoms with Crippen molar-refractivity contribution in [1.29, 1.82) is 0 Å². The van der Waals surface area contributed by atoms with Gasteiger partial charge in [0.05, 0.1) is 31.1 Å². The first-order valence-electron chi connectivity index (χ1n) is 36.2. The Morgan fingerprint density at radius 3 is 1.45 bits per heavy atom. The van der Waals surface area contributed by atoms with Gasteiger partial charge in [-0.2, -0.15) is 0 Å². The number of ether oxygens (including phenoxy) is 2. The maximum Gasteiger partial charge on any atom is 0.217 e. The second-order valence-electron chi connectivity index (χ2n) is 27.2. The first kappa shape index (κ1) is 102. The molecule has 0 aliphatic rings. The summed E-state index contributed by atoms with van der Waals surface area (Å²) in [6, 6.07) is 67.1. The number of benzene rings is 8. The molecule has 0 radical (unpaired) electrons. The monoisotopic (exact) mass is 1760 g/mol. The predicted octanol–water partition coefficient (Wildman–Crippen LogP) is 16.6. The number of aromatic nitrogens is 2. The minimum absolute atomic E-state index is 0. The molecule has 0 unspecified atom stereocenters. The lowest BCUT2D eigenvalue weighted by atomic mass is 9.99. The number of hydrogen-bond donors (Lipinski definition) is 2. The highest BCUT2D eigenvalue weighted by Gasteiger charge is 2.18. The molecule has 8 aromatic carbocycles. The van der Waals surface area contributed by atoms with E-state index >= 15 is 0 Å². The van der Waals surface area contributed by atoms with E-state index < -0.39 is 59.0 Å². The molecule has 0 aliphatic carbocycles. The number of nitrogens with one attached hydrogen (secondary N) is 2. The van der Waals surface area contributed by atoms with E-state index in [1.54, 1.807) is 167 Å². The number of pyridine rings is 2. The summed E-state index contributed by atoms with van der Waals surface area (Å²) in [5.41, 5.74) is 4.78. The van der Waals surface area contributed by atoms with Crippen molar-refractivity contribution in [3.8, 4) is 17.2 Å². The van der Waals surface area contributed by atoms with Gasteiger partial charge in [0.1, 0.15) is 45.7 Å².